The number of ether oxygens (including phenoxy) is 1. The van der Waals surface area contributed by atoms with E-state index in [9.17, 15) is 19.6 Å². The Morgan fingerprint density at radius 3 is 2.57 bits per heavy atom. The van der Waals surface area contributed by atoms with Crippen molar-refractivity contribution < 1.29 is 24.4 Å². The van der Waals surface area contributed by atoms with Gasteiger partial charge in [-0.25, -0.2) is 0 Å². The molecule has 0 aromatic heterocycles. The summed E-state index contributed by atoms with van der Waals surface area (Å²) in [5, 5.41) is 27.4. The Labute approximate surface area is 166 Å². The molecule has 1 fully saturated rings. The van der Waals surface area contributed by atoms with Crippen LogP contribution in [-0.4, -0.2) is 73.7 Å². The van der Waals surface area contributed by atoms with E-state index in [2.05, 4.69) is 20.9 Å². The Hall–Kier alpha value is -1.85. The molecule has 3 atom stereocenters. The van der Waals surface area contributed by atoms with Crippen LogP contribution in [0, 0.1) is 11.8 Å². The van der Waals surface area contributed by atoms with E-state index in [-0.39, 0.29) is 17.7 Å². The summed E-state index contributed by atoms with van der Waals surface area (Å²) in [7, 11) is -0.106. The van der Waals surface area contributed by atoms with E-state index in [1.807, 2.05) is 13.8 Å². The molecule has 11 heteroatoms. The standard InChI is InChI=1S/C17H34BN5O5/c1-11(2)9-14(18(26)27)23-16(25)13(5-4-7-21-17(19)20-3)22-15(24)12-6-8-28-10-12/h11-14,26-27H,4-10H2,1-3H3,(H,22,24)(H,23,25)(H3,19,20,21)/t12?,13-,14-/m0/s1. The molecule has 7 N–H and O–H groups in total. The van der Waals surface area contributed by atoms with Crippen LogP contribution in [0.1, 0.15) is 39.5 Å². The summed E-state index contributed by atoms with van der Waals surface area (Å²) in [5.74, 6) is -1.29. The number of guanidine groups is 1. The number of nitrogens with two attached hydrogens (primary N) is 1. The number of amides is 2. The summed E-state index contributed by atoms with van der Waals surface area (Å²) in [5.41, 5.74) is 5.58. The number of carbonyl (C=O) groups is 2. The van der Waals surface area contributed by atoms with Crippen LogP contribution >= 0.6 is 0 Å². The third kappa shape index (κ3) is 8.90. The van der Waals surface area contributed by atoms with Gasteiger partial charge in [0.1, 0.15) is 6.04 Å². The van der Waals surface area contributed by atoms with Crippen molar-refractivity contribution in [3.8, 4) is 0 Å². The predicted octanol–water partition coefficient (Wildman–Crippen LogP) is -1.64. The second-order valence-electron chi connectivity index (χ2n) is 7.46. The largest absolute Gasteiger partial charge is 0.475 e. The van der Waals surface area contributed by atoms with E-state index >= 15 is 0 Å². The van der Waals surface area contributed by atoms with Gasteiger partial charge in [0.25, 0.3) is 0 Å². The summed E-state index contributed by atoms with van der Waals surface area (Å²) in [6, 6.07) is -0.789. The van der Waals surface area contributed by atoms with Gasteiger partial charge in [0.05, 0.1) is 18.5 Å². The zero-order valence-electron chi connectivity index (χ0n) is 17.0. The fraction of sp³-hybridized carbons (Fsp3) is 0.824. The van der Waals surface area contributed by atoms with E-state index in [0.29, 0.717) is 51.4 Å². The minimum absolute atomic E-state index is 0.163. The monoisotopic (exact) mass is 399 g/mol. The first-order valence-corrected chi connectivity index (χ1v) is 9.75. The van der Waals surface area contributed by atoms with Crippen molar-refractivity contribution in [1.29, 1.82) is 0 Å². The summed E-state index contributed by atoms with van der Waals surface area (Å²) in [4.78, 5) is 28.9. The zero-order valence-corrected chi connectivity index (χ0v) is 17.0. The predicted molar refractivity (Wildman–Crippen MR) is 107 cm³/mol. The van der Waals surface area contributed by atoms with Crippen LogP contribution in [-0.2, 0) is 14.3 Å². The first-order valence-electron chi connectivity index (χ1n) is 9.75. The van der Waals surface area contributed by atoms with E-state index in [0.717, 1.165) is 0 Å². The van der Waals surface area contributed by atoms with Crippen LogP contribution in [0.2, 0.25) is 0 Å². The summed E-state index contributed by atoms with van der Waals surface area (Å²) in [6.07, 6.45) is 1.96. The molecule has 0 aliphatic carbocycles. The van der Waals surface area contributed by atoms with Gasteiger partial charge in [-0.15, -0.1) is 0 Å². The third-order valence-electron chi connectivity index (χ3n) is 4.56. The van der Waals surface area contributed by atoms with E-state index in [1.165, 1.54) is 0 Å². The van der Waals surface area contributed by atoms with Crippen molar-refractivity contribution in [2.75, 3.05) is 26.8 Å². The van der Waals surface area contributed by atoms with Crippen molar-refractivity contribution in [3.05, 3.63) is 0 Å². The average molecular weight is 399 g/mol. The van der Waals surface area contributed by atoms with Gasteiger partial charge in [-0.05, 0) is 31.6 Å². The number of nitrogens with one attached hydrogen (secondary N) is 3. The molecule has 0 spiro atoms. The highest BCUT2D eigenvalue weighted by atomic mass is 16.5. The van der Waals surface area contributed by atoms with Gasteiger partial charge in [-0.2, -0.15) is 0 Å². The normalized spacial score (nSPS) is 19.2. The molecule has 2 amide bonds. The van der Waals surface area contributed by atoms with Gasteiger partial charge in [-0.3, -0.25) is 14.6 Å². The number of nitrogens with zero attached hydrogens (tertiary/aromatic N) is 1. The Morgan fingerprint density at radius 2 is 2.04 bits per heavy atom. The van der Waals surface area contributed by atoms with Crippen LogP contribution in [0.25, 0.3) is 0 Å². The molecule has 1 rings (SSSR count). The van der Waals surface area contributed by atoms with Crippen molar-refractivity contribution in [2.45, 2.75) is 51.5 Å². The molecule has 0 aromatic carbocycles. The molecule has 160 valence electrons. The van der Waals surface area contributed by atoms with Crippen LogP contribution in [0.4, 0.5) is 0 Å². The molecule has 0 saturated carbocycles. The maximum atomic E-state index is 12.7. The molecule has 28 heavy (non-hydrogen) atoms. The fourth-order valence-corrected chi connectivity index (χ4v) is 2.95. The van der Waals surface area contributed by atoms with E-state index in [1.54, 1.807) is 7.05 Å². The quantitative estimate of drug-likeness (QED) is 0.105. The zero-order chi connectivity index (χ0) is 21.1. The van der Waals surface area contributed by atoms with Gasteiger partial charge in [0, 0.05) is 20.2 Å². The molecule has 1 unspecified atom stereocenters. The molecular formula is C17H34BN5O5. The van der Waals surface area contributed by atoms with Crippen LogP contribution in [0.15, 0.2) is 4.99 Å². The Kier molecular flexibility index (Phi) is 10.9. The third-order valence-corrected chi connectivity index (χ3v) is 4.56. The first kappa shape index (κ1) is 24.2. The molecule has 0 bridgehead atoms. The molecule has 10 nitrogen and oxygen atoms in total. The Bertz CT molecular complexity index is 526. The lowest BCUT2D eigenvalue weighted by atomic mass is 9.75. The molecular weight excluding hydrogens is 365 g/mol. The van der Waals surface area contributed by atoms with Gasteiger partial charge in [0.2, 0.25) is 11.8 Å². The minimum atomic E-state index is -1.67. The lowest BCUT2D eigenvalue weighted by Gasteiger charge is -2.25. The summed E-state index contributed by atoms with van der Waals surface area (Å²) < 4.78 is 5.23. The number of hydrogen-bond donors (Lipinski definition) is 6. The lowest BCUT2D eigenvalue weighted by molar-refractivity contribution is -0.131. The Morgan fingerprint density at radius 1 is 1.32 bits per heavy atom. The van der Waals surface area contributed by atoms with Crippen LogP contribution < -0.4 is 21.7 Å². The van der Waals surface area contributed by atoms with Gasteiger partial charge < -0.3 is 36.5 Å². The van der Waals surface area contributed by atoms with Gasteiger partial charge >= 0.3 is 7.12 Å². The van der Waals surface area contributed by atoms with Gasteiger partial charge in [-0.1, -0.05) is 13.8 Å². The van der Waals surface area contributed by atoms with Crippen molar-refractivity contribution in [1.82, 2.24) is 16.0 Å². The molecule has 1 aliphatic rings. The lowest BCUT2D eigenvalue weighted by Crippen LogP contribution is -2.55. The molecule has 1 heterocycles. The maximum Gasteiger partial charge on any atom is 0.475 e. The summed E-state index contributed by atoms with van der Waals surface area (Å²) in [6.45, 7) is 5.21. The SMILES string of the molecule is CN=C(N)NCCC[C@H](NC(=O)C1CCOC1)C(=O)N[C@@H](CC(C)C)B(O)O. The molecule has 1 aliphatic heterocycles. The fourth-order valence-electron chi connectivity index (χ4n) is 2.95. The maximum absolute atomic E-state index is 12.7. The number of hydrogen-bond acceptors (Lipinski definition) is 6. The second-order valence-corrected chi connectivity index (χ2v) is 7.46. The molecule has 0 aromatic rings. The smallest absolute Gasteiger partial charge is 0.426 e. The molecule has 0 radical (unpaired) electrons. The molecule has 1 saturated heterocycles. The minimum Gasteiger partial charge on any atom is -0.426 e. The highest BCUT2D eigenvalue weighted by molar-refractivity contribution is 6.43. The van der Waals surface area contributed by atoms with E-state index < -0.39 is 25.0 Å². The topological polar surface area (TPSA) is 158 Å². The highest BCUT2D eigenvalue weighted by Crippen LogP contribution is 2.13. The van der Waals surface area contributed by atoms with Crippen LogP contribution in [0.3, 0.4) is 0 Å². The van der Waals surface area contributed by atoms with Crippen molar-refractivity contribution in [2.24, 2.45) is 22.6 Å². The van der Waals surface area contributed by atoms with Crippen molar-refractivity contribution >= 4 is 24.9 Å². The number of carbonyl (C=O) groups excluding carboxylic acids is 2. The van der Waals surface area contributed by atoms with Crippen LogP contribution in [0.5, 0.6) is 0 Å². The summed E-state index contributed by atoms with van der Waals surface area (Å²) >= 11 is 0. The highest BCUT2D eigenvalue weighted by Gasteiger charge is 2.31. The number of aliphatic imine (C=N–C) groups is 1. The first-order chi connectivity index (χ1) is 13.2. The van der Waals surface area contributed by atoms with E-state index in [4.69, 9.17) is 10.5 Å². The average Bonchev–Trinajstić information content (AvgIpc) is 3.17. The number of rotatable bonds is 11. The van der Waals surface area contributed by atoms with Gasteiger partial charge in [0.15, 0.2) is 5.96 Å². The van der Waals surface area contributed by atoms with Crippen molar-refractivity contribution in [3.63, 3.8) is 0 Å². The Balaban J connectivity index is 2.70. The second kappa shape index (κ2) is 12.6.